The van der Waals surface area contributed by atoms with Gasteiger partial charge in [0, 0.05) is 13.8 Å². The Balaban J connectivity index is 1.60. The van der Waals surface area contributed by atoms with Gasteiger partial charge < -0.3 is 9.47 Å². The molecule has 4 aromatic carbocycles. The number of fused-ring (bicyclic) bond motifs is 2. The molecule has 10 nitrogen and oxygen atoms in total. The fourth-order valence-corrected chi connectivity index (χ4v) is 7.71. The quantitative estimate of drug-likeness (QED) is 0.0801. The van der Waals surface area contributed by atoms with Crippen LogP contribution in [-0.2, 0) is 20.4 Å². The minimum atomic E-state index is -6.38. The van der Waals surface area contributed by atoms with Crippen LogP contribution in [0, 0.1) is 0 Å². The molecule has 0 spiro atoms. The van der Waals surface area contributed by atoms with Crippen LogP contribution in [0.4, 0.5) is 58.4 Å². The van der Waals surface area contributed by atoms with E-state index in [1.807, 2.05) is 0 Å². The molecule has 0 fully saturated rings. The van der Waals surface area contributed by atoms with Crippen LogP contribution >= 0.6 is 0 Å². The van der Waals surface area contributed by atoms with E-state index in [-0.39, 0.29) is 46.9 Å². The highest BCUT2D eigenvalue weighted by Gasteiger charge is 2.74. The Hall–Kier alpha value is -6.74. The number of alkyl halides is 12. The number of ether oxygens (including phenoxy) is 2. The number of halogens is 12. The molecule has 4 amide bonds. The lowest BCUT2D eigenvalue weighted by molar-refractivity contribution is -0.290. The standard InChI is InChI=1S/C41H26F12N2O8/c1-17(2)26-13-22(7-11-30(26)62-18(3)56)37(40(48,49)50,41(51,52)53)23-8-12-31(63-19(4)57)29(16-23)55-34(60)25-10-6-21(15-28(25)35(55)61)36(38(42,43)44,39(45,46)47)20-5-9-24-27(14-20)33(59)54-32(24)58/h5-17H,1-4H3,(H,54,58,59). The Labute approximate surface area is 345 Å². The normalized spacial score (nSPS) is 14.8. The van der Waals surface area contributed by atoms with Gasteiger partial charge in [0.05, 0.1) is 27.9 Å². The second-order valence-electron chi connectivity index (χ2n) is 14.5. The number of carbonyl (C=O) groups is 6. The van der Waals surface area contributed by atoms with Gasteiger partial charge in [-0.05, 0) is 76.2 Å². The van der Waals surface area contributed by atoms with E-state index in [9.17, 15) is 28.8 Å². The summed E-state index contributed by atoms with van der Waals surface area (Å²) in [6, 6.07) is 3.43. The summed E-state index contributed by atoms with van der Waals surface area (Å²) in [5, 5.41) is 1.71. The summed E-state index contributed by atoms with van der Waals surface area (Å²) in [6.45, 7) is 4.33. The van der Waals surface area contributed by atoms with Crippen molar-refractivity contribution in [2.45, 2.75) is 69.1 Å². The number of carbonyl (C=O) groups excluding carboxylic acids is 6. The van der Waals surface area contributed by atoms with Crippen LogP contribution in [0.15, 0.2) is 72.8 Å². The molecule has 4 aromatic rings. The number of anilines is 1. The molecule has 0 unspecified atom stereocenters. The summed E-state index contributed by atoms with van der Waals surface area (Å²) < 4.78 is 193. The van der Waals surface area contributed by atoms with Gasteiger partial charge in [0.1, 0.15) is 5.75 Å². The van der Waals surface area contributed by atoms with Gasteiger partial charge in [0.15, 0.2) is 5.75 Å². The minimum absolute atomic E-state index is 0.00345. The molecule has 22 heteroatoms. The number of esters is 2. The molecule has 6 rings (SSSR count). The molecule has 2 aliphatic heterocycles. The molecule has 2 heterocycles. The molecule has 0 atom stereocenters. The number of amides is 4. The van der Waals surface area contributed by atoms with Crippen LogP contribution in [0.1, 0.15) is 103 Å². The second kappa shape index (κ2) is 15.0. The average molecular weight is 903 g/mol. The zero-order chi connectivity index (χ0) is 47.2. The monoisotopic (exact) mass is 902 g/mol. The maximum absolute atomic E-state index is 15.4. The molecular formula is C41H26F12N2O8. The van der Waals surface area contributed by atoms with Crippen LogP contribution < -0.4 is 19.7 Å². The molecule has 0 aliphatic carbocycles. The maximum atomic E-state index is 15.4. The Bertz CT molecular complexity index is 2620. The van der Waals surface area contributed by atoms with E-state index >= 15 is 52.7 Å². The Morgan fingerprint density at radius 1 is 0.508 bits per heavy atom. The second-order valence-corrected chi connectivity index (χ2v) is 14.5. The smallest absolute Gasteiger partial charge is 0.411 e. The third kappa shape index (κ3) is 7.04. The summed E-state index contributed by atoms with van der Waals surface area (Å²) in [5.74, 6) is -10.6. The van der Waals surface area contributed by atoms with Crippen molar-refractivity contribution in [3.8, 4) is 11.5 Å². The summed E-state index contributed by atoms with van der Waals surface area (Å²) >= 11 is 0. The first-order chi connectivity index (χ1) is 28.9. The van der Waals surface area contributed by atoms with Crippen LogP contribution in [0.5, 0.6) is 11.5 Å². The molecule has 332 valence electrons. The predicted octanol–water partition coefficient (Wildman–Crippen LogP) is 9.17. The van der Waals surface area contributed by atoms with E-state index in [0.717, 1.165) is 6.92 Å². The third-order valence-corrected chi connectivity index (χ3v) is 10.4. The Morgan fingerprint density at radius 3 is 1.37 bits per heavy atom. The lowest BCUT2D eigenvalue weighted by Crippen LogP contribution is -2.55. The van der Waals surface area contributed by atoms with Gasteiger partial charge in [0.25, 0.3) is 23.6 Å². The highest BCUT2D eigenvalue weighted by Crippen LogP contribution is 2.59. The van der Waals surface area contributed by atoms with Crippen molar-refractivity contribution in [2.24, 2.45) is 0 Å². The molecule has 0 aromatic heterocycles. The van der Waals surface area contributed by atoms with Crippen molar-refractivity contribution in [1.29, 1.82) is 0 Å². The summed E-state index contributed by atoms with van der Waals surface area (Å²) in [6.07, 6.45) is -25.4. The SMILES string of the molecule is CC(=O)Oc1ccc(C(c2ccc(OC(C)=O)c(N3C(=O)c4ccc(C(c5ccc6c(c5)C(=O)NC6=O)(C(F)(F)F)C(F)(F)F)cc4C3=O)c2)(C(F)(F)F)C(F)(F)F)cc1C(C)C. The maximum Gasteiger partial charge on any atom is 0.411 e. The number of hydrogen-bond acceptors (Lipinski definition) is 8. The first kappa shape index (κ1) is 45.8. The van der Waals surface area contributed by atoms with Gasteiger partial charge in [-0.1, -0.05) is 44.2 Å². The van der Waals surface area contributed by atoms with Crippen molar-refractivity contribution in [1.82, 2.24) is 5.32 Å². The zero-order valence-corrected chi connectivity index (χ0v) is 32.3. The highest BCUT2D eigenvalue weighted by atomic mass is 19.4. The fourth-order valence-electron chi connectivity index (χ4n) is 7.71. The van der Waals surface area contributed by atoms with Crippen LogP contribution in [0.3, 0.4) is 0 Å². The molecule has 0 bridgehead atoms. The molecular weight excluding hydrogens is 876 g/mol. The van der Waals surface area contributed by atoms with Gasteiger partial charge in [0.2, 0.25) is 10.8 Å². The lowest BCUT2D eigenvalue weighted by atomic mass is 9.71. The molecule has 0 saturated carbocycles. The van der Waals surface area contributed by atoms with E-state index < -0.39 is 139 Å². The van der Waals surface area contributed by atoms with E-state index in [2.05, 4.69) is 0 Å². The van der Waals surface area contributed by atoms with Crippen LogP contribution in [0.25, 0.3) is 0 Å². The number of imide groups is 2. The minimum Gasteiger partial charge on any atom is -0.426 e. The van der Waals surface area contributed by atoms with Crippen molar-refractivity contribution in [3.05, 3.63) is 123 Å². The molecule has 0 radical (unpaired) electrons. The number of benzene rings is 4. The molecule has 63 heavy (non-hydrogen) atoms. The summed E-state index contributed by atoms with van der Waals surface area (Å²) in [4.78, 5) is 76.0. The summed E-state index contributed by atoms with van der Waals surface area (Å²) in [5.41, 5.74) is -22.3. The zero-order valence-electron chi connectivity index (χ0n) is 32.3. The van der Waals surface area contributed by atoms with Gasteiger partial charge in [-0.25, -0.2) is 4.90 Å². The number of hydrogen-bond donors (Lipinski definition) is 1. The van der Waals surface area contributed by atoms with Crippen molar-refractivity contribution in [2.75, 3.05) is 4.90 Å². The van der Waals surface area contributed by atoms with E-state index in [4.69, 9.17) is 9.47 Å². The van der Waals surface area contributed by atoms with Crippen molar-refractivity contribution in [3.63, 3.8) is 0 Å². The highest BCUT2D eigenvalue weighted by molar-refractivity contribution is 6.35. The van der Waals surface area contributed by atoms with Crippen molar-refractivity contribution >= 4 is 41.3 Å². The van der Waals surface area contributed by atoms with Gasteiger partial charge >= 0.3 is 36.6 Å². The number of nitrogens with one attached hydrogen (secondary N) is 1. The predicted molar refractivity (Wildman–Crippen MR) is 191 cm³/mol. The topological polar surface area (TPSA) is 136 Å². The average Bonchev–Trinajstić information content (AvgIpc) is 3.55. The summed E-state index contributed by atoms with van der Waals surface area (Å²) in [7, 11) is 0. The van der Waals surface area contributed by atoms with E-state index in [1.54, 1.807) is 5.32 Å². The third-order valence-electron chi connectivity index (χ3n) is 10.4. The van der Waals surface area contributed by atoms with Crippen molar-refractivity contribution < 1.29 is 90.9 Å². The van der Waals surface area contributed by atoms with E-state index in [0.29, 0.717) is 43.3 Å². The Morgan fingerprint density at radius 2 is 0.889 bits per heavy atom. The van der Waals surface area contributed by atoms with Crippen LogP contribution in [-0.4, -0.2) is 60.3 Å². The Kier molecular flexibility index (Phi) is 10.9. The van der Waals surface area contributed by atoms with Gasteiger partial charge in [-0.3, -0.25) is 34.1 Å². The van der Waals surface area contributed by atoms with Crippen LogP contribution in [0.2, 0.25) is 0 Å². The van der Waals surface area contributed by atoms with Gasteiger partial charge in [-0.15, -0.1) is 0 Å². The first-order valence-electron chi connectivity index (χ1n) is 17.9. The first-order valence-corrected chi connectivity index (χ1v) is 17.9. The lowest BCUT2D eigenvalue weighted by Gasteiger charge is -2.39. The number of nitrogens with zero attached hydrogens (tertiary/aromatic N) is 1. The molecule has 1 N–H and O–H groups in total. The molecule has 0 saturated heterocycles. The van der Waals surface area contributed by atoms with E-state index in [1.165, 1.54) is 13.8 Å². The van der Waals surface area contributed by atoms with Gasteiger partial charge in [-0.2, -0.15) is 52.7 Å². The molecule has 2 aliphatic rings. The fraction of sp³-hybridized carbons (Fsp3) is 0.268. The largest absolute Gasteiger partial charge is 0.426 e. The number of rotatable bonds is 8.